The van der Waals surface area contributed by atoms with Crippen LogP contribution in [0.4, 0.5) is 0 Å². The van der Waals surface area contributed by atoms with Crippen molar-refractivity contribution < 1.29 is 9.53 Å². The van der Waals surface area contributed by atoms with Crippen LogP contribution < -0.4 is 5.32 Å². The van der Waals surface area contributed by atoms with Crippen LogP contribution in [0.5, 0.6) is 0 Å². The average molecular weight is 421 g/mol. The number of aliphatic imine (C=N–C) groups is 4. The number of morpholine rings is 1. The second kappa shape index (κ2) is 8.48. The normalized spacial score (nSPS) is 21.1. The predicted molar refractivity (Wildman–Crippen MR) is 110 cm³/mol. The van der Waals surface area contributed by atoms with Crippen LogP contribution in [0.1, 0.15) is 12.0 Å². The zero-order valence-electron chi connectivity index (χ0n) is 15.0. The highest BCUT2D eigenvalue weighted by Gasteiger charge is 2.30. The molecule has 1 N–H and O–H groups in total. The number of rotatable bonds is 5. The lowest BCUT2D eigenvalue weighted by atomic mass is 10.2. The number of ether oxygens (including phenoxy) is 1. The molecule has 10 heteroatoms. The first-order chi connectivity index (χ1) is 13.6. The summed E-state index contributed by atoms with van der Waals surface area (Å²) in [6, 6.07) is 5.26. The Balaban J connectivity index is 1.43. The highest BCUT2D eigenvalue weighted by atomic mass is 35.5. The van der Waals surface area contributed by atoms with Crippen molar-refractivity contribution >= 4 is 52.5 Å². The minimum Gasteiger partial charge on any atom is -0.379 e. The van der Waals surface area contributed by atoms with E-state index in [-0.39, 0.29) is 17.6 Å². The van der Waals surface area contributed by atoms with Crippen molar-refractivity contribution in [2.75, 3.05) is 32.8 Å². The van der Waals surface area contributed by atoms with E-state index in [0.717, 1.165) is 38.4 Å². The third-order valence-corrected chi connectivity index (χ3v) is 5.23. The first-order valence-corrected chi connectivity index (χ1v) is 9.69. The number of hydrogen-bond donors (Lipinski definition) is 1. The summed E-state index contributed by atoms with van der Waals surface area (Å²) in [4.78, 5) is 32.0. The fourth-order valence-corrected chi connectivity index (χ4v) is 3.29. The number of amidine groups is 2. The van der Waals surface area contributed by atoms with Gasteiger partial charge in [0, 0.05) is 26.1 Å². The highest BCUT2D eigenvalue weighted by Crippen LogP contribution is 2.23. The second-order valence-corrected chi connectivity index (χ2v) is 7.28. The maximum atomic E-state index is 12.3. The molecule has 0 unspecified atom stereocenters. The quantitative estimate of drug-likeness (QED) is 0.788. The largest absolute Gasteiger partial charge is 0.379 e. The Morgan fingerprint density at radius 3 is 2.75 bits per heavy atom. The van der Waals surface area contributed by atoms with E-state index in [2.05, 4.69) is 30.2 Å². The number of amides is 1. The molecule has 146 valence electrons. The zero-order chi connectivity index (χ0) is 19.5. The topological polar surface area (TPSA) is 91.0 Å². The van der Waals surface area contributed by atoms with Crippen LogP contribution in [0.25, 0.3) is 0 Å². The molecule has 28 heavy (non-hydrogen) atoms. The lowest BCUT2D eigenvalue weighted by Gasteiger charge is -2.26. The number of nitrogens with zero attached hydrogens (tertiary/aromatic N) is 5. The van der Waals surface area contributed by atoms with Crippen LogP contribution in [-0.4, -0.2) is 67.0 Å². The van der Waals surface area contributed by atoms with Gasteiger partial charge in [0.25, 0.3) is 5.91 Å². The molecule has 0 bridgehead atoms. The molecule has 3 heterocycles. The molecule has 3 aliphatic rings. The average Bonchev–Trinajstić information content (AvgIpc) is 3.12. The summed E-state index contributed by atoms with van der Waals surface area (Å²) >= 11 is 11.9. The van der Waals surface area contributed by atoms with E-state index in [9.17, 15) is 4.79 Å². The van der Waals surface area contributed by atoms with Gasteiger partial charge in [-0.2, -0.15) is 4.99 Å². The van der Waals surface area contributed by atoms with Crippen molar-refractivity contribution in [2.45, 2.75) is 13.0 Å². The number of hydrogen-bond acceptors (Lipinski definition) is 6. The minimum absolute atomic E-state index is 0.211. The molecule has 0 aromatic heterocycles. The number of carbonyl (C=O) groups excluding carboxylic acids is 1. The van der Waals surface area contributed by atoms with Crippen molar-refractivity contribution in [2.24, 2.45) is 20.0 Å². The number of halogens is 2. The Labute approximate surface area is 172 Å². The van der Waals surface area contributed by atoms with Crippen LogP contribution in [0.2, 0.25) is 10.0 Å². The Kier molecular flexibility index (Phi) is 5.82. The summed E-state index contributed by atoms with van der Waals surface area (Å²) in [5.41, 5.74) is 1.10. The fourth-order valence-electron chi connectivity index (χ4n) is 2.97. The zero-order valence-corrected chi connectivity index (χ0v) is 16.5. The SMILES string of the molecule is O=C1NC(=NCc2ccc(Cl)c(Cl)c2)N=C2N=C(CCN3CCOCC3)N=C12. The van der Waals surface area contributed by atoms with Gasteiger partial charge in [-0.25, -0.2) is 15.0 Å². The fraction of sp³-hybridized carbons (Fsp3) is 0.389. The second-order valence-electron chi connectivity index (χ2n) is 6.47. The van der Waals surface area contributed by atoms with Gasteiger partial charge in [0.2, 0.25) is 5.96 Å². The summed E-state index contributed by atoms with van der Waals surface area (Å²) in [6.45, 7) is 4.42. The monoisotopic (exact) mass is 420 g/mol. The molecule has 1 saturated heterocycles. The van der Waals surface area contributed by atoms with Crippen molar-refractivity contribution in [3.8, 4) is 0 Å². The van der Waals surface area contributed by atoms with E-state index in [0.29, 0.717) is 34.7 Å². The number of fused-ring (bicyclic) bond motifs is 1. The molecule has 4 rings (SSSR count). The van der Waals surface area contributed by atoms with Gasteiger partial charge in [-0.3, -0.25) is 15.0 Å². The molecule has 1 aromatic rings. The number of guanidine groups is 1. The molecule has 8 nitrogen and oxygen atoms in total. The Bertz CT molecular complexity index is 919. The molecular formula is C18H18Cl2N6O2. The molecule has 1 aromatic carbocycles. The van der Waals surface area contributed by atoms with Crippen molar-refractivity contribution in [1.29, 1.82) is 0 Å². The molecule has 3 aliphatic heterocycles. The summed E-state index contributed by atoms with van der Waals surface area (Å²) in [6.07, 6.45) is 0.658. The highest BCUT2D eigenvalue weighted by molar-refractivity contribution is 6.72. The molecule has 0 saturated carbocycles. The Morgan fingerprint density at radius 2 is 1.96 bits per heavy atom. The van der Waals surface area contributed by atoms with Crippen molar-refractivity contribution in [3.63, 3.8) is 0 Å². The van der Waals surface area contributed by atoms with Gasteiger partial charge in [-0.1, -0.05) is 29.3 Å². The van der Waals surface area contributed by atoms with Gasteiger partial charge < -0.3 is 4.74 Å². The van der Waals surface area contributed by atoms with Crippen LogP contribution in [0.3, 0.4) is 0 Å². The van der Waals surface area contributed by atoms with Crippen LogP contribution in [0.15, 0.2) is 38.2 Å². The lowest BCUT2D eigenvalue weighted by molar-refractivity contribution is -0.113. The molecule has 0 atom stereocenters. The van der Waals surface area contributed by atoms with E-state index < -0.39 is 0 Å². The van der Waals surface area contributed by atoms with Crippen molar-refractivity contribution in [1.82, 2.24) is 10.2 Å². The van der Waals surface area contributed by atoms with Gasteiger partial charge in [-0.05, 0) is 17.7 Å². The van der Waals surface area contributed by atoms with Gasteiger partial charge in [0.15, 0.2) is 11.5 Å². The third kappa shape index (κ3) is 4.47. The van der Waals surface area contributed by atoms with Crippen molar-refractivity contribution in [3.05, 3.63) is 33.8 Å². The number of benzene rings is 1. The molecule has 1 fully saturated rings. The first kappa shape index (κ1) is 19.2. The van der Waals surface area contributed by atoms with Gasteiger partial charge >= 0.3 is 0 Å². The lowest BCUT2D eigenvalue weighted by Crippen LogP contribution is -2.42. The molecular weight excluding hydrogens is 403 g/mol. The predicted octanol–water partition coefficient (Wildman–Crippen LogP) is 1.95. The maximum absolute atomic E-state index is 12.3. The minimum atomic E-state index is -0.344. The van der Waals surface area contributed by atoms with Crippen LogP contribution in [0, 0.1) is 0 Å². The molecule has 0 radical (unpaired) electrons. The van der Waals surface area contributed by atoms with E-state index in [1.165, 1.54) is 0 Å². The number of carbonyl (C=O) groups is 1. The molecule has 1 amide bonds. The Hall–Kier alpha value is -2.13. The summed E-state index contributed by atoms with van der Waals surface area (Å²) in [7, 11) is 0. The van der Waals surface area contributed by atoms with E-state index >= 15 is 0 Å². The molecule has 0 spiro atoms. The summed E-state index contributed by atoms with van der Waals surface area (Å²) < 4.78 is 5.34. The summed E-state index contributed by atoms with van der Waals surface area (Å²) in [5, 5.41) is 3.58. The smallest absolute Gasteiger partial charge is 0.280 e. The van der Waals surface area contributed by atoms with Gasteiger partial charge in [0.05, 0.1) is 29.8 Å². The standard InChI is InChI=1S/C18H18Cl2N6O2/c19-12-2-1-11(9-13(12)20)10-21-18-24-16-15(17(27)25-18)22-14(23-16)3-4-26-5-7-28-8-6-26/h1-2,9H,3-8,10H2,(H,21,25,27). The van der Waals surface area contributed by atoms with E-state index in [1.807, 2.05) is 6.07 Å². The van der Waals surface area contributed by atoms with Gasteiger partial charge in [-0.15, -0.1) is 0 Å². The Morgan fingerprint density at radius 1 is 1.14 bits per heavy atom. The van der Waals surface area contributed by atoms with E-state index in [1.54, 1.807) is 12.1 Å². The van der Waals surface area contributed by atoms with E-state index in [4.69, 9.17) is 27.9 Å². The maximum Gasteiger partial charge on any atom is 0.280 e. The third-order valence-electron chi connectivity index (χ3n) is 4.49. The van der Waals surface area contributed by atoms with Crippen LogP contribution >= 0.6 is 23.2 Å². The van der Waals surface area contributed by atoms with Gasteiger partial charge in [0.1, 0.15) is 5.84 Å². The number of nitrogens with one attached hydrogen (secondary N) is 1. The summed E-state index contributed by atoms with van der Waals surface area (Å²) in [5.74, 6) is 0.793. The van der Waals surface area contributed by atoms with Crippen LogP contribution in [-0.2, 0) is 16.1 Å². The molecule has 0 aliphatic carbocycles. The first-order valence-electron chi connectivity index (χ1n) is 8.93.